The molecule has 0 saturated carbocycles. The lowest BCUT2D eigenvalue weighted by molar-refractivity contribution is -0.130. The molecule has 1 atom stereocenters. The largest absolute Gasteiger partial charge is 0.495 e. The number of nitrogens with one attached hydrogen (secondary N) is 2. The van der Waals surface area contributed by atoms with Crippen LogP contribution >= 0.6 is 0 Å². The monoisotopic (exact) mass is 381 g/mol. The minimum absolute atomic E-state index is 0.00804. The number of hydrogen-bond acceptors (Lipinski definition) is 4. The summed E-state index contributed by atoms with van der Waals surface area (Å²) in [6, 6.07) is 13.8. The summed E-state index contributed by atoms with van der Waals surface area (Å²) >= 11 is 0. The lowest BCUT2D eigenvalue weighted by atomic mass is 9.87. The number of rotatable bonds is 6. The number of hydrogen-bond donors (Lipinski definition) is 2. The zero-order chi connectivity index (χ0) is 20.1. The Morgan fingerprint density at radius 2 is 2.00 bits per heavy atom. The summed E-state index contributed by atoms with van der Waals surface area (Å²) in [5.74, 6) is 0.476. The normalized spacial score (nSPS) is 15.3. The molecule has 3 rings (SSSR count). The Bertz CT molecular complexity index is 866. The molecule has 2 aromatic carbocycles. The van der Waals surface area contributed by atoms with Gasteiger partial charge in [-0.1, -0.05) is 24.3 Å². The van der Waals surface area contributed by atoms with Gasteiger partial charge in [-0.05, 0) is 48.6 Å². The van der Waals surface area contributed by atoms with Crippen LogP contribution in [-0.4, -0.2) is 37.4 Å². The van der Waals surface area contributed by atoms with Gasteiger partial charge in [0.1, 0.15) is 5.75 Å². The number of methoxy groups -OCH3 is 1. The van der Waals surface area contributed by atoms with Gasteiger partial charge in [-0.25, -0.2) is 0 Å². The third kappa shape index (κ3) is 4.44. The number of anilines is 2. The van der Waals surface area contributed by atoms with Gasteiger partial charge in [0.25, 0.3) is 0 Å². The molecule has 6 heteroatoms. The minimum atomic E-state index is -0.150. The summed E-state index contributed by atoms with van der Waals surface area (Å²) in [4.78, 5) is 26.0. The van der Waals surface area contributed by atoms with Crippen LogP contribution in [0.2, 0.25) is 0 Å². The van der Waals surface area contributed by atoms with Gasteiger partial charge >= 0.3 is 0 Å². The van der Waals surface area contributed by atoms with Gasteiger partial charge in [-0.15, -0.1) is 0 Å². The molecule has 0 heterocycles. The minimum Gasteiger partial charge on any atom is -0.495 e. The van der Waals surface area contributed by atoms with Crippen LogP contribution in [0.1, 0.15) is 36.9 Å². The number of carbonyl (C=O) groups is 2. The van der Waals surface area contributed by atoms with Gasteiger partial charge in [0, 0.05) is 19.7 Å². The van der Waals surface area contributed by atoms with E-state index in [-0.39, 0.29) is 24.4 Å². The fourth-order valence-electron chi connectivity index (χ4n) is 3.73. The number of benzene rings is 2. The lowest BCUT2D eigenvalue weighted by Gasteiger charge is -2.33. The van der Waals surface area contributed by atoms with Gasteiger partial charge < -0.3 is 20.3 Å². The summed E-state index contributed by atoms with van der Waals surface area (Å²) in [7, 11) is 3.44. The Morgan fingerprint density at radius 3 is 2.75 bits per heavy atom. The van der Waals surface area contributed by atoms with Crippen molar-refractivity contribution in [2.75, 3.05) is 31.3 Å². The van der Waals surface area contributed by atoms with Crippen molar-refractivity contribution >= 4 is 23.2 Å². The summed E-state index contributed by atoms with van der Waals surface area (Å²) in [6.07, 6.45) is 3.12. The maximum absolute atomic E-state index is 12.8. The van der Waals surface area contributed by atoms with Crippen LogP contribution < -0.4 is 15.4 Å². The maximum Gasteiger partial charge on any atom is 0.242 e. The van der Waals surface area contributed by atoms with Crippen molar-refractivity contribution in [2.24, 2.45) is 0 Å². The first-order valence-corrected chi connectivity index (χ1v) is 9.52. The number of nitrogens with zero attached hydrogens (tertiary/aromatic N) is 1. The molecule has 2 N–H and O–H groups in total. The molecule has 0 saturated heterocycles. The highest BCUT2D eigenvalue weighted by molar-refractivity contribution is 5.90. The average molecular weight is 381 g/mol. The van der Waals surface area contributed by atoms with Gasteiger partial charge in [0.2, 0.25) is 11.8 Å². The van der Waals surface area contributed by atoms with Crippen molar-refractivity contribution < 1.29 is 14.3 Å². The van der Waals surface area contributed by atoms with Crippen LogP contribution in [0, 0.1) is 0 Å². The number of likely N-dealkylation sites (N-methyl/N-ethyl adjacent to an activating group) is 1. The summed E-state index contributed by atoms with van der Waals surface area (Å²) in [5.41, 5.74) is 3.89. The standard InChI is InChI=1S/C22H27N3O3/c1-15(26)24-17-11-12-21(28-3)19(13-17)23-14-22(27)25(2)20-10-6-8-16-7-4-5-9-18(16)20/h4-5,7,9,11-13,20,23H,6,8,10,14H2,1-3H3,(H,24,26). The first kappa shape index (κ1) is 19.7. The molecular formula is C22H27N3O3. The first-order chi connectivity index (χ1) is 13.5. The van der Waals surface area contributed by atoms with Crippen LogP contribution in [0.3, 0.4) is 0 Å². The highest BCUT2D eigenvalue weighted by atomic mass is 16.5. The van der Waals surface area contributed by atoms with E-state index in [4.69, 9.17) is 4.74 Å². The SMILES string of the molecule is COc1ccc(NC(C)=O)cc1NCC(=O)N(C)C1CCCc2ccccc21. The van der Waals surface area contributed by atoms with Crippen molar-refractivity contribution in [1.29, 1.82) is 0 Å². The molecule has 2 amide bonds. The highest BCUT2D eigenvalue weighted by Gasteiger charge is 2.26. The number of amides is 2. The van der Waals surface area contributed by atoms with Crippen molar-refractivity contribution in [3.8, 4) is 5.75 Å². The van der Waals surface area contributed by atoms with Gasteiger partial charge in [0.05, 0.1) is 25.4 Å². The molecule has 2 aromatic rings. The maximum atomic E-state index is 12.8. The van der Waals surface area contributed by atoms with E-state index in [0.29, 0.717) is 17.1 Å². The predicted molar refractivity (Wildman–Crippen MR) is 111 cm³/mol. The number of ether oxygens (including phenoxy) is 1. The van der Waals surface area contributed by atoms with E-state index in [1.54, 1.807) is 25.3 Å². The van der Waals surface area contributed by atoms with Crippen LogP contribution in [0.4, 0.5) is 11.4 Å². The molecule has 1 unspecified atom stereocenters. The van der Waals surface area contributed by atoms with E-state index in [1.807, 2.05) is 18.0 Å². The second-order valence-electron chi connectivity index (χ2n) is 7.06. The Kier molecular flexibility index (Phi) is 6.19. The molecule has 0 radical (unpaired) electrons. The fourth-order valence-corrected chi connectivity index (χ4v) is 3.73. The molecular weight excluding hydrogens is 354 g/mol. The molecule has 0 bridgehead atoms. The topological polar surface area (TPSA) is 70.7 Å². The second kappa shape index (κ2) is 8.78. The summed E-state index contributed by atoms with van der Waals surface area (Å²) < 4.78 is 5.36. The first-order valence-electron chi connectivity index (χ1n) is 9.52. The summed E-state index contributed by atoms with van der Waals surface area (Å²) in [6.45, 7) is 1.60. The third-order valence-electron chi connectivity index (χ3n) is 5.15. The molecule has 0 aromatic heterocycles. The molecule has 148 valence electrons. The zero-order valence-electron chi connectivity index (χ0n) is 16.6. The number of carbonyl (C=O) groups excluding carboxylic acids is 2. The zero-order valence-corrected chi connectivity index (χ0v) is 16.6. The van der Waals surface area contributed by atoms with E-state index in [1.165, 1.54) is 18.1 Å². The average Bonchev–Trinajstić information content (AvgIpc) is 2.70. The highest BCUT2D eigenvalue weighted by Crippen LogP contribution is 2.33. The second-order valence-corrected chi connectivity index (χ2v) is 7.06. The van der Waals surface area contributed by atoms with E-state index in [0.717, 1.165) is 19.3 Å². The van der Waals surface area contributed by atoms with Crippen LogP contribution in [-0.2, 0) is 16.0 Å². The number of aryl methyl sites for hydroxylation is 1. The van der Waals surface area contributed by atoms with Crippen LogP contribution in [0.15, 0.2) is 42.5 Å². The third-order valence-corrected chi connectivity index (χ3v) is 5.15. The van der Waals surface area contributed by atoms with Gasteiger partial charge in [-0.2, -0.15) is 0 Å². The summed E-state index contributed by atoms with van der Waals surface area (Å²) in [5, 5.41) is 5.89. The molecule has 0 aliphatic heterocycles. The molecule has 0 spiro atoms. The Balaban J connectivity index is 1.69. The lowest BCUT2D eigenvalue weighted by Crippen LogP contribution is -2.37. The van der Waals surface area contributed by atoms with Crippen molar-refractivity contribution in [1.82, 2.24) is 4.90 Å². The van der Waals surface area contributed by atoms with Gasteiger partial charge in [0.15, 0.2) is 0 Å². The van der Waals surface area contributed by atoms with Crippen LogP contribution in [0.25, 0.3) is 0 Å². The quantitative estimate of drug-likeness (QED) is 0.802. The van der Waals surface area contributed by atoms with Crippen molar-refractivity contribution in [3.05, 3.63) is 53.6 Å². The molecule has 1 aliphatic rings. The number of fused-ring (bicyclic) bond motifs is 1. The van der Waals surface area contributed by atoms with Gasteiger partial charge in [-0.3, -0.25) is 9.59 Å². The Hall–Kier alpha value is -3.02. The molecule has 28 heavy (non-hydrogen) atoms. The smallest absolute Gasteiger partial charge is 0.242 e. The molecule has 1 aliphatic carbocycles. The van der Waals surface area contributed by atoms with E-state index < -0.39 is 0 Å². The molecule has 0 fully saturated rings. The molecule has 6 nitrogen and oxygen atoms in total. The van der Waals surface area contributed by atoms with Crippen molar-refractivity contribution in [2.45, 2.75) is 32.2 Å². The predicted octanol–water partition coefficient (Wildman–Crippen LogP) is 3.60. The van der Waals surface area contributed by atoms with E-state index in [2.05, 4.69) is 28.8 Å². The Labute approximate surface area is 165 Å². The Morgan fingerprint density at radius 1 is 1.21 bits per heavy atom. The van der Waals surface area contributed by atoms with E-state index in [9.17, 15) is 9.59 Å². The van der Waals surface area contributed by atoms with E-state index >= 15 is 0 Å². The van der Waals surface area contributed by atoms with Crippen LogP contribution in [0.5, 0.6) is 5.75 Å². The van der Waals surface area contributed by atoms with Crippen molar-refractivity contribution in [3.63, 3.8) is 0 Å². The fraction of sp³-hybridized carbons (Fsp3) is 0.364.